The predicted molar refractivity (Wildman–Crippen MR) is 74.1 cm³/mol. The van der Waals surface area contributed by atoms with Crippen LogP contribution < -0.4 is 5.32 Å². The lowest BCUT2D eigenvalue weighted by Gasteiger charge is -2.21. The van der Waals surface area contributed by atoms with Gasteiger partial charge in [-0.1, -0.05) is 42.5 Å². The van der Waals surface area contributed by atoms with Crippen molar-refractivity contribution >= 4 is 0 Å². The van der Waals surface area contributed by atoms with Gasteiger partial charge in [-0.3, -0.25) is 0 Å². The minimum Gasteiger partial charge on any atom is -0.314 e. The fraction of sp³-hybridized carbons (Fsp3) is 0.500. The Bertz CT molecular complexity index is 342. The Morgan fingerprint density at radius 2 is 2.06 bits per heavy atom. The Balaban J connectivity index is 1.70. The first-order valence-electron chi connectivity index (χ1n) is 6.77. The predicted octanol–water partition coefficient (Wildman–Crippen LogP) is 3.56. The van der Waals surface area contributed by atoms with Crippen LogP contribution >= 0.6 is 0 Å². The van der Waals surface area contributed by atoms with Crippen LogP contribution in [0.25, 0.3) is 0 Å². The number of benzene rings is 1. The molecule has 1 aromatic rings. The molecule has 1 aliphatic rings. The molecule has 0 saturated carbocycles. The largest absolute Gasteiger partial charge is 0.314 e. The zero-order valence-electron chi connectivity index (χ0n) is 10.7. The van der Waals surface area contributed by atoms with E-state index >= 15 is 0 Å². The lowest BCUT2D eigenvalue weighted by molar-refractivity contribution is 0.410. The summed E-state index contributed by atoms with van der Waals surface area (Å²) in [6, 6.07) is 11.3. The zero-order chi connectivity index (χ0) is 11.9. The molecule has 0 radical (unpaired) electrons. The Hall–Kier alpha value is -1.08. The van der Waals surface area contributed by atoms with Crippen molar-refractivity contribution < 1.29 is 0 Å². The van der Waals surface area contributed by atoms with Crippen LogP contribution in [0.4, 0.5) is 0 Å². The molecule has 1 aromatic carbocycles. The maximum atomic E-state index is 3.67. The van der Waals surface area contributed by atoms with Crippen molar-refractivity contribution in [1.82, 2.24) is 5.32 Å². The second-order valence-corrected chi connectivity index (χ2v) is 5.15. The Kier molecular flexibility index (Phi) is 4.81. The van der Waals surface area contributed by atoms with Gasteiger partial charge in [0, 0.05) is 6.04 Å². The second kappa shape index (κ2) is 6.61. The molecule has 92 valence electrons. The topological polar surface area (TPSA) is 12.0 Å². The summed E-state index contributed by atoms with van der Waals surface area (Å²) < 4.78 is 0. The minimum atomic E-state index is 0.573. The third kappa shape index (κ3) is 4.35. The van der Waals surface area contributed by atoms with Crippen molar-refractivity contribution in [2.24, 2.45) is 5.92 Å². The van der Waals surface area contributed by atoms with E-state index in [1.807, 2.05) is 0 Å². The standard InChI is InChI=1S/C16H23N/c1-14(12-15-8-4-2-5-9-15)17-13-16-10-6-3-7-11-16/h2-6,8-9,14,16-17H,7,10-13H2,1H3. The molecule has 17 heavy (non-hydrogen) atoms. The highest BCUT2D eigenvalue weighted by molar-refractivity contribution is 5.15. The molecular formula is C16H23N. The van der Waals surface area contributed by atoms with Gasteiger partial charge < -0.3 is 5.32 Å². The monoisotopic (exact) mass is 229 g/mol. The van der Waals surface area contributed by atoms with Crippen LogP contribution in [-0.2, 0) is 6.42 Å². The number of rotatable bonds is 5. The van der Waals surface area contributed by atoms with Gasteiger partial charge in [0.15, 0.2) is 0 Å². The first-order valence-corrected chi connectivity index (χ1v) is 6.77. The highest BCUT2D eigenvalue weighted by Crippen LogP contribution is 2.17. The molecule has 1 heteroatoms. The van der Waals surface area contributed by atoms with Crippen LogP contribution in [0.15, 0.2) is 42.5 Å². The van der Waals surface area contributed by atoms with Gasteiger partial charge in [0.2, 0.25) is 0 Å². The first-order chi connectivity index (χ1) is 8.34. The van der Waals surface area contributed by atoms with Crippen molar-refractivity contribution in [3.05, 3.63) is 48.0 Å². The molecule has 2 atom stereocenters. The van der Waals surface area contributed by atoms with Crippen LogP contribution in [-0.4, -0.2) is 12.6 Å². The Labute approximate surface area is 105 Å². The van der Waals surface area contributed by atoms with Gasteiger partial charge in [-0.15, -0.1) is 0 Å². The molecule has 1 nitrogen and oxygen atoms in total. The number of nitrogens with one attached hydrogen (secondary N) is 1. The van der Waals surface area contributed by atoms with Crippen LogP contribution in [0.2, 0.25) is 0 Å². The minimum absolute atomic E-state index is 0.573. The van der Waals surface area contributed by atoms with Crippen molar-refractivity contribution in [2.45, 2.75) is 38.6 Å². The average molecular weight is 229 g/mol. The number of hydrogen-bond acceptors (Lipinski definition) is 1. The molecule has 0 saturated heterocycles. The lowest BCUT2D eigenvalue weighted by Crippen LogP contribution is -2.33. The van der Waals surface area contributed by atoms with E-state index in [-0.39, 0.29) is 0 Å². The van der Waals surface area contributed by atoms with E-state index in [9.17, 15) is 0 Å². The summed E-state index contributed by atoms with van der Waals surface area (Å²) in [4.78, 5) is 0. The molecule has 0 bridgehead atoms. The average Bonchev–Trinajstić information content (AvgIpc) is 2.39. The number of hydrogen-bond donors (Lipinski definition) is 1. The molecular weight excluding hydrogens is 206 g/mol. The number of allylic oxidation sites excluding steroid dienone is 2. The molecule has 0 aliphatic heterocycles. The summed E-state index contributed by atoms with van der Waals surface area (Å²) >= 11 is 0. The molecule has 0 fully saturated rings. The molecule has 1 aliphatic carbocycles. The van der Waals surface area contributed by atoms with E-state index in [1.54, 1.807) is 0 Å². The van der Waals surface area contributed by atoms with Crippen molar-refractivity contribution in [1.29, 1.82) is 0 Å². The molecule has 0 aromatic heterocycles. The summed E-state index contributed by atoms with van der Waals surface area (Å²) in [5, 5.41) is 3.67. The molecule has 0 spiro atoms. The Morgan fingerprint density at radius 1 is 1.24 bits per heavy atom. The lowest BCUT2D eigenvalue weighted by atomic mass is 9.94. The van der Waals surface area contributed by atoms with Gasteiger partial charge in [0.25, 0.3) is 0 Å². The van der Waals surface area contributed by atoms with Gasteiger partial charge >= 0.3 is 0 Å². The molecule has 0 amide bonds. The maximum Gasteiger partial charge on any atom is 0.00792 e. The van der Waals surface area contributed by atoms with Gasteiger partial charge in [-0.25, -0.2) is 0 Å². The van der Waals surface area contributed by atoms with E-state index in [2.05, 4.69) is 54.7 Å². The molecule has 1 N–H and O–H groups in total. The molecule has 2 rings (SSSR count). The van der Waals surface area contributed by atoms with Gasteiger partial charge in [-0.05, 0) is 50.6 Å². The van der Waals surface area contributed by atoms with Crippen LogP contribution in [0, 0.1) is 5.92 Å². The highest BCUT2D eigenvalue weighted by atomic mass is 14.9. The third-order valence-electron chi connectivity index (χ3n) is 3.52. The molecule has 0 heterocycles. The summed E-state index contributed by atoms with van der Waals surface area (Å²) in [7, 11) is 0. The summed E-state index contributed by atoms with van der Waals surface area (Å²) in [6.07, 6.45) is 9.64. The van der Waals surface area contributed by atoms with E-state index in [4.69, 9.17) is 0 Å². The fourth-order valence-corrected chi connectivity index (χ4v) is 2.45. The van der Waals surface area contributed by atoms with E-state index in [0.29, 0.717) is 6.04 Å². The van der Waals surface area contributed by atoms with Gasteiger partial charge in [-0.2, -0.15) is 0 Å². The van der Waals surface area contributed by atoms with Crippen LogP contribution in [0.1, 0.15) is 31.7 Å². The smallest absolute Gasteiger partial charge is 0.00792 e. The Morgan fingerprint density at radius 3 is 2.76 bits per heavy atom. The van der Waals surface area contributed by atoms with Crippen LogP contribution in [0.5, 0.6) is 0 Å². The van der Waals surface area contributed by atoms with Crippen LogP contribution in [0.3, 0.4) is 0 Å². The van der Waals surface area contributed by atoms with Gasteiger partial charge in [0.05, 0.1) is 0 Å². The van der Waals surface area contributed by atoms with Crippen molar-refractivity contribution in [3.63, 3.8) is 0 Å². The van der Waals surface area contributed by atoms with Gasteiger partial charge in [0.1, 0.15) is 0 Å². The quantitative estimate of drug-likeness (QED) is 0.761. The van der Waals surface area contributed by atoms with E-state index in [0.717, 1.165) is 12.3 Å². The van der Waals surface area contributed by atoms with Crippen molar-refractivity contribution in [2.75, 3.05) is 6.54 Å². The SMILES string of the molecule is CC(Cc1ccccc1)NCC1CC=CCC1. The summed E-state index contributed by atoms with van der Waals surface area (Å²) in [5.74, 6) is 0.846. The normalized spacial score (nSPS) is 21.4. The third-order valence-corrected chi connectivity index (χ3v) is 3.52. The highest BCUT2D eigenvalue weighted by Gasteiger charge is 2.11. The first kappa shape index (κ1) is 12.4. The van der Waals surface area contributed by atoms with E-state index in [1.165, 1.54) is 31.4 Å². The summed E-state index contributed by atoms with van der Waals surface area (Å²) in [6.45, 7) is 3.45. The van der Waals surface area contributed by atoms with E-state index < -0.39 is 0 Å². The fourth-order valence-electron chi connectivity index (χ4n) is 2.45. The van der Waals surface area contributed by atoms with Crippen molar-refractivity contribution in [3.8, 4) is 0 Å². The second-order valence-electron chi connectivity index (χ2n) is 5.15. The summed E-state index contributed by atoms with van der Waals surface area (Å²) in [5.41, 5.74) is 1.43. The molecule has 2 unspecified atom stereocenters. The zero-order valence-corrected chi connectivity index (χ0v) is 10.7. The maximum absolute atomic E-state index is 3.67.